The zero-order chi connectivity index (χ0) is 13.0. The van der Waals surface area contributed by atoms with E-state index in [9.17, 15) is 4.79 Å². The van der Waals surface area contributed by atoms with Gasteiger partial charge in [-0.3, -0.25) is 4.79 Å². The first-order chi connectivity index (χ1) is 8.74. The minimum Gasteiger partial charge on any atom is -0.497 e. The summed E-state index contributed by atoms with van der Waals surface area (Å²) < 4.78 is 10.3. The third-order valence-electron chi connectivity index (χ3n) is 3.05. The molecule has 1 saturated heterocycles. The summed E-state index contributed by atoms with van der Waals surface area (Å²) in [6.45, 7) is 1.77. The molecule has 1 aliphatic heterocycles. The zero-order valence-corrected chi connectivity index (χ0v) is 11.9. The highest BCUT2D eigenvalue weighted by molar-refractivity contribution is 5.97. The molecule has 1 aliphatic rings. The third kappa shape index (κ3) is 3.75. The van der Waals surface area contributed by atoms with Gasteiger partial charge in [-0.05, 0) is 25.1 Å². The van der Waals surface area contributed by atoms with Crippen LogP contribution in [0.25, 0.3) is 0 Å². The molecular weight excluding hydrogens is 268 g/mol. The Balaban J connectivity index is 0.00000180. The number of amides is 1. The summed E-state index contributed by atoms with van der Waals surface area (Å²) in [6.07, 6.45) is 0.963. The van der Waals surface area contributed by atoms with Gasteiger partial charge in [-0.2, -0.15) is 0 Å². The fraction of sp³-hybridized carbons (Fsp3) is 0.462. The average molecular weight is 287 g/mol. The molecule has 106 valence electrons. The predicted octanol–water partition coefficient (Wildman–Crippen LogP) is 1.22. The normalized spacial score (nSPS) is 17.5. The average Bonchev–Trinajstić information content (AvgIpc) is 2.90. The van der Waals surface area contributed by atoms with Crippen molar-refractivity contribution in [2.45, 2.75) is 12.5 Å². The second kappa shape index (κ2) is 7.21. The van der Waals surface area contributed by atoms with E-state index in [2.05, 4.69) is 10.6 Å². The van der Waals surface area contributed by atoms with Crippen molar-refractivity contribution in [3.8, 4) is 11.5 Å². The summed E-state index contributed by atoms with van der Waals surface area (Å²) in [5.41, 5.74) is 0.533. The second-order valence-corrected chi connectivity index (χ2v) is 4.23. The molecule has 2 rings (SSSR count). The van der Waals surface area contributed by atoms with E-state index in [0.29, 0.717) is 17.1 Å². The van der Waals surface area contributed by atoms with Gasteiger partial charge in [0.1, 0.15) is 11.5 Å². The topological polar surface area (TPSA) is 59.6 Å². The van der Waals surface area contributed by atoms with Crippen molar-refractivity contribution in [3.05, 3.63) is 23.8 Å². The van der Waals surface area contributed by atoms with Gasteiger partial charge in [0.15, 0.2) is 0 Å². The Kier molecular flexibility index (Phi) is 5.92. The maximum absolute atomic E-state index is 12.1. The van der Waals surface area contributed by atoms with Crippen LogP contribution in [0.1, 0.15) is 16.8 Å². The number of carbonyl (C=O) groups is 1. The molecule has 1 fully saturated rings. The van der Waals surface area contributed by atoms with Crippen LogP contribution < -0.4 is 20.1 Å². The lowest BCUT2D eigenvalue weighted by atomic mass is 10.1. The Labute approximate surface area is 119 Å². The first kappa shape index (κ1) is 15.6. The highest BCUT2D eigenvalue weighted by atomic mass is 35.5. The number of methoxy groups -OCH3 is 2. The number of carbonyl (C=O) groups excluding carboxylic acids is 1. The molecule has 6 heteroatoms. The molecule has 0 spiro atoms. The van der Waals surface area contributed by atoms with E-state index in [0.717, 1.165) is 19.5 Å². The molecule has 1 aromatic carbocycles. The summed E-state index contributed by atoms with van der Waals surface area (Å²) in [4.78, 5) is 12.1. The molecule has 0 saturated carbocycles. The summed E-state index contributed by atoms with van der Waals surface area (Å²) >= 11 is 0. The summed E-state index contributed by atoms with van der Waals surface area (Å²) in [5, 5.41) is 6.20. The van der Waals surface area contributed by atoms with Gasteiger partial charge < -0.3 is 20.1 Å². The Morgan fingerprint density at radius 1 is 1.37 bits per heavy atom. The van der Waals surface area contributed by atoms with Crippen LogP contribution >= 0.6 is 12.4 Å². The molecule has 5 nitrogen and oxygen atoms in total. The van der Waals surface area contributed by atoms with Gasteiger partial charge in [0.05, 0.1) is 19.8 Å². The summed E-state index contributed by atoms with van der Waals surface area (Å²) in [5.74, 6) is 1.09. The van der Waals surface area contributed by atoms with Crippen molar-refractivity contribution in [1.82, 2.24) is 10.6 Å². The first-order valence-electron chi connectivity index (χ1n) is 5.98. The number of benzene rings is 1. The molecule has 1 amide bonds. The van der Waals surface area contributed by atoms with Crippen LogP contribution in [0.15, 0.2) is 18.2 Å². The smallest absolute Gasteiger partial charge is 0.255 e. The van der Waals surface area contributed by atoms with Crippen molar-refractivity contribution >= 4 is 18.3 Å². The predicted molar refractivity (Wildman–Crippen MR) is 75.5 cm³/mol. The highest BCUT2D eigenvalue weighted by Gasteiger charge is 2.20. The number of hydrogen-bond donors (Lipinski definition) is 2. The Bertz CT molecular complexity index is 434. The van der Waals surface area contributed by atoms with Crippen molar-refractivity contribution in [1.29, 1.82) is 0 Å². The van der Waals surface area contributed by atoms with Crippen LogP contribution in [0, 0.1) is 0 Å². The summed E-state index contributed by atoms with van der Waals surface area (Å²) in [7, 11) is 3.13. The quantitative estimate of drug-likeness (QED) is 0.874. The van der Waals surface area contributed by atoms with Crippen molar-refractivity contribution < 1.29 is 14.3 Å². The molecule has 1 atom stereocenters. The van der Waals surface area contributed by atoms with Gasteiger partial charge in [-0.1, -0.05) is 0 Å². The summed E-state index contributed by atoms with van der Waals surface area (Å²) in [6, 6.07) is 5.38. The maximum atomic E-state index is 12.1. The minimum atomic E-state index is -0.108. The van der Waals surface area contributed by atoms with E-state index in [1.165, 1.54) is 0 Å². The fourth-order valence-corrected chi connectivity index (χ4v) is 2.03. The van der Waals surface area contributed by atoms with Gasteiger partial charge in [-0.25, -0.2) is 0 Å². The monoisotopic (exact) mass is 286 g/mol. The molecule has 1 heterocycles. The number of halogens is 1. The van der Waals surface area contributed by atoms with Crippen LogP contribution in [-0.2, 0) is 0 Å². The Morgan fingerprint density at radius 2 is 2.16 bits per heavy atom. The van der Waals surface area contributed by atoms with Gasteiger partial charge >= 0.3 is 0 Å². The molecule has 0 radical (unpaired) electrons. The van der Waals surface area contributed by atoms with E-state index in [-0.39, 0.29) is 24.4 Å². The molecule has 1 aromatic rings. The molecule has 0 bridgehead atoms. The maximum Gasteiger partial charge on any atom is 0.255 e. The highest BCUT2D eigenvalue weighted by Crippen LogP contribution is 2.24. The molecule has 0 aliphatic carbocycles. The van der Waals surface area contributed by atoms with E-state index in [1.54, 1.807) is 32.4 Å². The number of nitrogens with one attached hydrogen (secondary N) is 2. The number of hydrogen-bond acceptors (Lipinski definition) is 4. The molecule has 0 aromatic heterocycles. The Hall–Kier alpha value is -1.46. The van der Waals surface area contributed by atoms with E-state index < -0.39 is 0 Å². The van der Waals surface area contributed by atoms with Crippen LogP contribution in [0.3, 0.4) is 0 Å². The van der Waals surface area contributed by atoms with Gasteiger partial charge in [0.2, 0.25) is 0 Å². The standard InChI is InChI=1S/C13H18N2O3.ClH/c1-17-10-3-4-11(12(7-10)18-2)13(16)15-9-5-6-14-8-9;/h3-4,7,9,14H,5-6,8H2,1-2H3,(H,15,16);1H. The van der Waals surface area contributed by atoms with E-state index in [1.807, 2.05) is 0 Å². The lowest BCUT2D eigenvalue weighted by Crippen LogP contribution is -2.36. The van der Waals surface area contributed by atoms with Gasteiger partial charge in [0, 0.05) is 18.7 Å². The fourth-order valence-electron chi connectivity index (χ4n) is 2.03. The van der Waals surface area contributed by atoms with Crippen molar-refractivity contribution in [3.63, 3.8) is 0 Å². The van der Waals surface area contributed by atoms with Gasteiger partial charge in [0.25, 0.3) is 5.91 Å². The van der Waals surface area contributed by atoms with E-state index in [4.69, 9.17) is 9.47 Å². The van der Waals surface area contributed by atoms with Crippen LogP contribution in [0.5, 0.6) is 11.5 Å². The first-order valence-corrected chi connectivity index (χ1v) is 5.98. The van der Waals surface area contributed by atoms with Crippen molar-refractivity contribution in [2.75, 3.05) is 27.3 Å². The van der Waals surface area contributed by atoms with Crippen LogP contribution in [-0.4, -0.2) is 39.3 Å². The Morgan fingerprint density at radius 3 is 2.74 bits per heavy atom. The molecular formula is C13H19ClN2O3. The van der Waals surface area contributed by atoms with Gasteiger partial charge in [-0.15, -0.1) is 12.4 Å². The molecule has 1 unspecified atom stereocenters. The van der Waals surface area contributed by atoms with Crippen LogP contribution in [0.2, 0.25) is 0 Å². The molecule has 19 heavy (non-hydrogen) atoms. The lowest BCUT2D eigenvalue weighted by molar-refractivity contribution is 0.0937. The number of rotatable bonds is 4. The third-order valence-corrected chi connectivity index (χ3v) is 3.05. The molecule has 2 N–H and O–H groups in total. The second-order valence-electron chi connectivity index (χ2n) is 4.23. The van der Waals surface area contributed by atoms with Crippen LogP contribution in [0.4, 0.5) is 0 Å². The minimum absolute atomic E-state index is 0. The SMILES string of the molecule is COc1ccc(C(=O)NC2CCNC2)c(OC)c1.Cl. The van der Waals surface area contributed by atoms with E-state index >= 15 is 0 Å². The lowest BCUT2D eigenvalue weighted by Gasteiger charge is -2.14. The van der Waals surface area contributed by atoms with Crippen molar-refractivity contribution in [2.24, 2.45) is 0 Å². The zero-order valence-electron chi connectivity index (χ0n) is 11.1. The number of ether oxygens (including phenoxy) is 2. The largest absolute Gasteiger partial charge is 0.497 e.